The SMILES string of the molecule is CCNC(=O)CNC(C)c1nncn1C. The van der Waals surface area contributed by atoms with Crippen LogP contribution in [-0.2, 0) is 11.8 Å². The number of rotatable bonds is 5. The largest absolute Gasteiger partial charge is 0.355 e. The van der Waals surface area contributed by atoms with Crippen LogP contribution in [0, 0.1) is 0 Å². The van der Waals surface area contributed by atoms with E-state index in [2.05, 4.69) is 20.8 Å². The number of aryl methyl sites for hydroxylation is 1. The van der Waals surface area contributed by atoms with Crippen molar-refractivity contribution in [3.05, 3.63) is 12.2 Å². The van der Waals surface area contributed by atoms with Crippen molar-refractivity contribution in [2.45, 2.75) is 19.9 Å². The van der Waals surface area contributed by atoms with Gasteiger partial charge in [-0.15, -0.1) is 10.2 Å². The molecule has 15 heavy (non-hydrogen) atoms. The van der Waals surface area contributed by atoms with E-state index in [4.69, 9.17) is 0 Å². The summed E-state index contributed by atoms with van der Waals surface area (Å²) in [4.78, 5) is 11.2. The molecule has 0 aliphatic heterocycles. The maximum Gasteiger partial charge on any atom is 0.233 e. The van der Waals surface area contributed by atoms with E-state index < -0.39 is 0 Å². The van der Waals surface area contributed by atoms with E-state index in [-0.39, 0.29) is 11.9 Å². The highest BCUT2D eigenvalue weighted by Crippen LogP contribution is 2.05. The zero-order valence-electron chi connectivity index (χ0n) is 9.32. The lowest BCUT2D eigenvalue weighted by molar-refractivity contribution is -0.120. The van der Waals surface area contributed by atoms with Crippen LogP contribution < -0.4 is 10.6 Å². The molecular weight excluding hydrogens is 194 g/mol. The molecule has 1 heterocycles. The summed E-state index contributed by atoms with van der Waals surface area (Å²) in [7, 11) is 1.87. The molecule has 1 rings (SSSR count). The highest BCUT2D eigenvalue weighted by molar-refractivity contribution is 5.77. The molecule has 84 valence electrons. The molecule has 0 radical (unpaired) electrons. The number of hydrogen-bond donors (Lipinski definition) is 2. The van der Waals surface area contributed by atoms with Crippen LogP contribution in [0.2, 0.25) is 0 Å². The smallest absolute Gasteiger partial charge is 0.233 e. The maximum absolute atomic E-state index is 11.2. The highest BCUT2D eigenvalue weighted by Gasteiger charge is 2.11. The molecule has 0 spiro atoms. The third-order valence-electron chi connectivity index (χ3n) is 2.08. The first-order valence-corrected chi connectivity index (χ1v) is 4.99. The molecule has 1 amide bonds. The Balaban J connectivity index is 2.40. The lowest BCUT2D eigenvalue weighted by Crippen LogP contribution is -2.35. The molecule has 0 saturated heterocycles. The van der Waals surface area contributed by atoms with Gasteiger partial charge in [-0.1, -0.05) is 0 Å². The first-order chi connectivity index (χ1) is 7.15. The quantitative estimate of drug-likeness (QED) is 0.695. The van der Waals surface area contributed by atoms with Gasteiger partial charge in [0, 0.05) is 13.6 Å². The number of carbonyl (C=O) groups is 1. The summed E-state index contributed by atoms with van der Waals surface area (Å²) in [6.45, 7) is 4.79. The average Bonchev–Trinajstić information content (AvgIpc) is 2.61. The summed E-state index contributed by atoms with van der Waals surface area (Å²) in [5.41, 5.74) is 0. The highest BCUT2D eigenvalue weighted by atomic mass is 16.1. The van der Waals surface area contributed by atoms with Crippen LogP contribution in [0.15, 0.2) is 6.33 Å². The van der Waals surface area contributed by atoms with E-state index in [9.17, 15) is 4.79 Å². The van der Waals surface area contributed by atoms with E-state index in [1.807, 2.05) is 25.5 Å². The number of hydrogen-bond acceptors (Lipinski definition) is 4. The van der Waals surface area contributed by atoms with E-state index in [0.717, 1.165) is 5.82 Å². The van der Waals surface area contributed by atoms with Crippen molar-refractivity contribution in [2.75, 3.05) is 13.1 Å². The summed E-state index contributed by atoms with van der Waals surface area (Å²) in [6, 6.07) is 0.0140. The van der Waals surface area contributed by atoms with Gasteiger partial charge in [0.25, 0.3) is 0 Å². The van der Waals surface area contributed by atoms with E-state index in [1.54, 1.807) is 6.33 Å². The standard InChI is InChI=1S/C9H17N5O/c1-4-10-8(15)5-11-7(2)9-13-12-6-14(9)3/h6-7,11H,4-5H2,1-3H3,(H,10,15). The van der Waals surface area contributed by atoms with Crippen molar-refractivity contribution < 1.29 is 4.79 Å². The first kappa shape index (κ1) is 11.6. The van der Waals surface area contributed by atoms with Gasteiger partial charge in [0.1, 0.15) is 12.2 Å². The first-order valence-electron chi connectivity index (χ1n) is 4.99. The maximum atomic E-state index is 11.2. The van der Waals surface area contributed by atoms with E-state index in [0.29, 0.717) is 13.1 Å². The molecule has 0 aliphatic rings. The predicted octanol–water partition coefficient (Wildman–Crippen LogP) is -0.398. The third-order valence-corrected chi connectivity index (χ3v) is 2.08. The van der Waals surface area contributed by atoms with Crippen LogP contribution >= 0.6 is 0 Å². The topological polar surface area (TPSA) is 71.8 Å². The van der Waals surface area contributed by atoms with Crippen LogP contribution in [0.4, 0.5) is 0 Å². The summed E-state index contributed by atoms with van der Waals surface area (Å²) < 4.78 is 1.83. The Morgan fingerprint density at radius 2 is 2.40 bits per heavy atom. The summed E-state index contributed by atoms with van der Waals surface area (Å²) >= 11 is 0. The molecule has 1 aromatic rings. The second-order valence-electron chi connectivity index (χ2n) is 3.36. The van der Waals surface area contributed by atoms with Crippen LogP contribution in [0.25, 0.3) is 0 Å². The fourth-order valence-corrected chi connectivity index (χ4v) is 1.28. The van der Waals surface area contributed by atoms with Crippen LogP contribution in [0.3, 0.4) is 0 Å². The van der Waals surface area contributed by atoms with Crippen LogP contribution in [-0.4, -0.2) is 33.8 Å². The summed E-state index contributed by atoms with van der Waals surface area (Å²) in [6.07, 6.45) is 1.64. The van der Waals surface area contributed by atoms with Gasteiger partial charge >= 0.3 is 0 Å². The molecule has 0 bridgehead atoms. The van der Waals surface area contributed by atoms with Gasteiger partial charge in [-0.25, -0.2) is 0 Å². The molecule has 0 aliphatic carbocycles. The number of amides is 1. The van der Waals surface area contributed by atoms with Crippen molar-refractivity contribution in [1.82, 2.24) is 25.4 Å². The number of aromatic nitrogens is 3. The van der Waals surface area contributed by atoms with E-state index in [1.165, 1.54) is 0 Å². The zero-order valence-corrected chi connectivity index (χ0v) is 9.32. The van der Waals surface area contributed by atoms with Gasteiger partial charge in [-0.2, -0.15) is 0 Å². The minimum Gasteiger partial charge on any atom is -0.355 e. The minimum atomic E-state index is -0.00785. The number of carbonyl (C=O) groups excluding carboxylic acids is 1. The van der Waals surface area contributed by atoms with Gasteiger partial charge in [0.15, 0.2) is 0 Å². The van der Waals surface area contributed by atoms with Gasteiger partial charge in [0.05, 0.1) is 12.6 Å². The average molecular weight is 211 g/mol. The Kier molecular flexibility index (Phi) is 4.23. The van der Waals surface area contributed by atoms with Gasteiger partial charge in [-0.05, 0) is 13.8 Å². The molecule has 0 saturated carbocycles. The molecule has 6 heteroatoms. The molecule has 6 nitrogen and oxygen atoms in total. The van der Waals surface area contributed by atoms with Crippen molar-refractivity contribution in [3.8, 4) is 0 Å². The fraction of sp³-hybridized carbons (Fsp3) is 0.667. The number of nitrogens with zero attached hydrogens (tertiary/aromatic N) is 3. The Morgan fingerprint density at radius 1 is 1.67 bits per heavy atom. The Hall–Kier alpha value is -1.43. The Labute approximate surface area is 89.1 Å². The second kappa shape index (κ2) is 5.45. The third kappa shape index (κ3) is 3.32. The molecule has 1 aromatic heterocycles. The molecule has 1 atom stereocenters. The lowest BCUT2D eigenvalue weighted by Gasteiger charge is -2.12. The van der Waals surface area contributed by atoms with E-state index >= 15 is 0 Å². The second-order valence-corrected chi connectivity index (χ2v) is 3.36. The van der Waals surface area contributed by atoms with Crippen molar-refractivity contribution >= 4 is 5.91 Å². The molecule has 0 fully saturated rings. The predicted molar refractivity (Wildman–Crippen MR) is 56.1 cm³/mol. The van der Waals surface area contributed by atoms with Gasteiger partial charge in [0.2, 0.25) is 5.91 Å². The molecule has 0 aromatic carbocycles. The van der Waals surface area contributed by atoms with Crippen molar-refractivity contribution in [2.24, 2.45) is 7.05 Å². The summed E-state index contributed by atoms with van der Waals surface area (Å²) in [5, 5.41) is 13.5. The molecule has 2 N–H and O–H groups in total. The van der Waals surface area contributed by atoms with Crippen molar-refractivity contribution in [1.29, 1.82) is 0 Å². The minimum absolute atomic E-state index is 0.00785. The molecular formula is C9H17N5O. The summed E-state index contributed by atoms with van der Waals surface area (Å²) in [5.74, 6) is 0.811. The van der Waals surface area contributed by atoms with Gasteiger partial charge in [-0.3, -0.25) is 10.1 Å². The van der Waals surface area contributed by atoms with Crippen LogP contribution in [0.5, 0.6) is 0 Å². The van der Waals surface area contributed by atoms with Crippen LogP contribution in [0.1, 0.15) is 25.7 Å². The Morgan fingerprint density at radius 3 is 2.93 bits per heavy atom. The zero-order chi connectivity index (χ0) is 11.3. The fourth-order valence-electron chi connectivity index (χ4n) is 1.28. The molecule has 1 unspecified atom stereocenters. The van der Waals surface area contributed by atoms with Crippen molar-refractivity contribution in [3.63, 3.8) is 0 Å². The Bertz CT molecular complexity index is 322. The monoisotopic (exact) mass is 211 g/mol. The normalized spacial score (nSPS) is 12.5. The van der Waals surface area contributed by atoms with Gasteiger partial charge < -0.3 is 9.88 Å². The number of nitrogens with one attached hydrogen (secondary N) is 2. The number of likely N-dealkylation sites (N-methyl/N-ethyl adjacent to an activating group) is 1. The lowest BCUT2D eigenvalue weighted by atomic mass is 10.3.